The highest BCUT2D eigenvalue weighted by Gasteiger charge is 2.20. The zero-order valence-electron chi connectivity index (χ0n) is 14.5. The van der Waals surface area contributed by atoms with E-state index in [1.165, 1.54) is 55.7 Å². The van der Waals surface area contributed by atoms with E-state index in [1.807, 2.05) is 0 Å². The van der Waals surface area contributed by atoms with Gasteiger partial charge in [-0.1, -0.05) is 30.3 Å². The van der Waals surface area contributed by atoms with Crippen molar-refractivity contribution in [2.24, 2.45) is 0 Å². The van der Waals surface area contributed by atoms with Crippen LogP contribution in [-0.2, 0) is 19.6 Å². The molecule has 1 N–H and O–H groups in total. The van der Waals surface area contributed by atoms with E-state index in [4.69, 9.17) is 5.10 Å². The van der Waals surface area contributed by atoms with Gasteiger partial charge in [0, 0.05) is 19.6 Å². The van der Waals surface area contributed by atoms with Gasteiger partial charge in [0.15, 0.2) is 0 Å². The van der Waals surface area contributed by atoms with Crippen molar-refractivity contribution in [3.63, 3.8) is 0 Å². The van der Waals surface area contributed by atoms with Crippen molar-refractivity contribution < 1.29 is 0 Å². The molecule has 128 valence electrons. The van der Waals surface area contributed by atoms with Crippen LogP contribution in [-0.4, -0.2) is 34.3 Å². The summed E-state index contributed by atoms with van der Waals surface area (Å²) in [5, 5.41) is 8.33. The summed E-state index contributed by atoms with van der Waals surface area (Å²) in [5.41, 5.74) is 4.10. The topological polar surface area (TPSA) is 33.1 Å². The second kappa shape index (κ2) is 7.49. The lowest BCUT2D eigenvalue weighted by Crippen LogP contribution is -2.24. The second-order valence-corrected chi connectivity index (χ2v) is 7.20. The molecule has 4 rings (SSSR count). The average Bonchev–Trinajstić information content (AvgIpc) is 2.79. The maximum atomic E-state index is 4.85. The van der Waals surface area contributed by atoms with Crippen molar-refractivity contribution in [3.05, 3.63) is 53.3 Å². The molecule has 2 aliphatic rings. The number of nitrogens with zero attached hydrogens (tertiary/aromatic N) is 3. The van der Waals surface area contributed by atoms with Crippen molar-refractivity contribution in [1.82, 2.24) is 20.0 Å². The Hall–Kier alpha value is -1.65. The molecular formula is C20H28N4. The van der Waals surface area contributed by atoms with Crippen LogP contribution in [0.25, 0.3) is 0 Å². The van der Waals surface area contributed by atoms with Crippen LogP contribution in [0.15, 0.2) is 36.4 Å². The Balaban J connectivity index is 1.38. The van der Waals surface area contributed by atoms with Crippen LogP contribution in [0.5, 0.6) is 0 Å². The van der Waals surface area contributed by atoms with Crippen LogP contribution >= 0.6 is 0 Å². The van der Waals surface area contributed by atoms with Gasteiger partial charge in [0.25, 0.3) is 0 Å². The molecule has 0 saturated carbocycles. The third-order valence-corrected chi connectivity index (χ3v) is 5.42. The molecule has 1 fully saturated rings. The fourth-order valence-corrected chi connectivity index (χ4v) is 4.10. The predicted octanol–water partition coefficient (Wildman–Crippen LogP) is 3.15. The van der Waals surface area contributed by atoms with Gasteiger partial charge in [-0.05, 0) is 62.9 Å². The molecule has 0 bridgehead atoms. The van der Waals surface area contributed by atoms with Gasteiger partial charge in [0.2, 0.25) is 0 Å². The van der Waals surface area contributed by atoms with Gasteiger partial charge in [0.1, 0.15) is 0 Å². The Morgan fingerprint density at radius 1 is 1.04 bits per heavy atom. The number of fused-ring (bicyclic) bond motifs is 1. The van der Waals surface area contributed by atoms with Crippen LogP contribution in [0.2, 0.25) is 0 Å². The summed E-state index contributed by atoms with van der Waals surface area (Å²) >= 11 is 0. The molecule has 4 nitrogen and oxygen atoms in total. The summed E-state index contributed by atoms with van der Waals surface area (Å²) in [4.78, 5) is 2.60. The molecule has 1 aromatic heterocycles. The van der Waals surface area contributed by atoms with Gasteiger partial charge in [-0.25, -0.2) is 0 Å². The number of likely N-dealkylation sites (tertiary alicyclic amines) is 1. The van der Waals surface area contributed by atoms with E-state index in [9.17, 15) is 0 Å². The normalized spacial score (nSPS) is 22.6. The van der Waals surface area contributed by atoms with E-state index in [1.54, 1.807) is 0 Å². The van der Waals surface area contributed by atoms with Crippen LogP contribution in [0.1, 0.15) is 48.6 Å². The van der Waals surface area contributed by atoms with E-state index >= 15 is 0 Å². The minimum Gasteiger partial charge on any atom is -0.311 e. The zero-order chi connectivity index (χ0) is 16.2. The highest BCUT2D eigenvalue weighted by molar-refractivity contribution is 5.19. The maximum absolute atomic E-state index is 4.85. The van der Waals surface area contributed by atoms with Crippen LogP contribution in [0, 0.1) is 0 Å². The SMILES string of the molecule is c1ccc([C@@H]2CCCN(Cc3cc4n(n3)CCCNC4)CC2)cc1. The number of hydrogen-bond donors (Lipinski definition) is 1. The van der Waals surface area contributed by atoms with Crippen LogP contribution < -0.4 is 5.32 Å². The van der Waals surface area contributed by atoms with Crippen molar-refractivity contribution >= 4 is 0 Å². The van der Waals surface area contributed by atoms with E-state index in [0.29, 0.717) is 0 Å². The molecule has 0 spiro atoms. The average molecular weight is 324 g/mol. The maximum Gasteiger partial charge on any atom is 0.0768 e. The summed E-state index contributed by atoms with van der Waals surface area (Å²) in [6.07, 6.45) is 5.04. The molecule has 0 aliphatic carbocycles. The molecule has 0 unspecified atom stereocenters. The molecule has 0 radical (unpaired) electrons. The molecule has 0 amide bonds. The van der Waals surface area contributed by atoms with Crippen molar-refractivity contribution in [1.29, 1.82) is 0 Å². The fraction of sp³-hybridized carbons (Fsp3) is 0.550. The van der Waals surface area contributed by atoms with Crippen LogP contribution in [0.4, 0.5) is 0 Å². The molecule has 4 heteroatoms. The quantitative estimate of drug-likeness (QED) is 0.941. The number of aryl methyl sites for hydroxylation is 1. The van der Waals surface area contributed by atoms with Gasteiger partial charge in [-0.3, -0.25) is 9.58 Å². The molecule has 1 aromatic carbocycles. The lowest BCUT2D eigenvalue weighted by Gasteiger charge is -2.19. The Bertz CT molecular complexity index is 625. The summed E-state index contributed by atoms with van der Waals surface area (Å²) in [7, 11) is 0. The molecule has 1 atom stereocenters. The Morgan fingerprint density at radius 3 is 2.88 bits per heavy atom. The highest BCUT2D eigenvalue weighted by atomic mass is 15.3. The number of nitrogens with one attached hydrogen (secondary N) is 1. The Morgan fingerprint density at radius 2 is 1.96 bits per heavy atom. The number of aromatic nitrogens is 2. The van der Waals surface area contributed by atoms with Gasteiger partial charge >= 0.3 is 0 Å². The predicted molar refractivity (Wildman–Crippen MR) is 96.9 cm³/mol. The number of rotatable bonds is 3. The monoisotopic (exact) mass is 324 g/mol. The molecule has 3 heterocycles. The minimum absolute atomic E-state index is 0.721. The second-order valence-electron chi connectivity index (χ2n) is 7.20. The Kier molecular flexibility index (Phi) is 4.95. The van der Waals surface area contributed by atoms with Gasteiger partial charge in [0.05, 0.1) is 11.4 Å². The first-order valence-corrected chi connectivity index (χ1v) is 9.42. The first-order valence-electron chi connectivity index (χ1n) is 9.42. The molecule has 1 saturated heterocycles. The third kappa shape index (κ3) is 3.70. The number of benzene rings is 1. The standard InChI is InChI=1S/C20H28N4/c1-2-6-17(7-3-1)18-8-4-11-23(13-9-18)16-19-14-20-15-21-10-5-12-24(20)22-19/h1-3,6-7,14,18,21H,4-5,8-13,15-16H2/t18-/m1/s1. The first-order chi connectivity index (χ1) is 11.9. The Labute approximate surface area is 144 Å². The minimum atomic E-state index is 0.721. The van der Waals surface area contributed by atoms with Gasteiger partial charge < -0.3 is 5.32 Å². The molecule has 2 aromatic rings. The van der Waals surface area contributed by atoms with E-state index in [-0.39, 0.29) is 0 Å². The molecule has 24 heavy (non-hydrogen) atoms. The van der Waals surface area contributed by atoms with Gasteiger partial charge in [-0.2, -0.15) is 5.10 Å². The lowest BCUT2D eigenvalue weighted by atomic mass is 9.92. The van der Waals surface area contributed by atoms with Crippen molar-refractivity contribution in [2.75, 3.05) is 19.6 Å². The van der Waals surface area contributed by atoms with Crippen molar-refractivity contribution in [3.8, 4) is 0 Å². The molecular weight excluding hydrogens is 296 g/mol. The van der Waals surface area contributed by atoms with Gasteiger partial charge in [-0.15, -0.1) is 0 Å². The van der Waals surface area contributed by atoms with E-state index in [0.717, 1.165) is 32.1 Å². The summed E-state index contributed by atoms with van der Waals surface area (Å²) in [6.45, 7) is 6.50. The smallest absolute Gasteiger partial charge is 0.0768 e. The van der Waals surface area contributed by atoms with E-state index in [2.05, 4.69) is 51.3 Å². The lowest BCUT2D eigenvalue weighted by molar-refractivity contribution is 0.271. The largest absolute Gasteiger partial charge is 0.311 e. The van der Waals surface area contributed by atoms with Crippen molar-refractivity contribution in [2.45, 2.75) is 51.2 Å². The fourth-order valence-electron chi connectivity index (χ4n) is 4.10. The molecule has 2 aliphatic heterocycles. The highest BCUT2D eigenvalue weighted by Crippen LogP contribution is 2.28. The summed E-state index contributed by atoms with van der Waals surface area (Å²) in [6, 6.07) is 13.3. The number of hydrogen-bond acceptors (Lipinski definition) is 3. The third-order valence-electron chi connectivity index (χ3n) is 5.42. The summed E-state index contributed by atoms with van der Waals surface area (Å²) < 4.78 is 2.21. The van der Waals surface area contributed by atoms with Crippen LogP contribution in [0.3, 0.4) is 0 Å². The zero-order valence-corrected chi connectivity index (χ0v) is 14.5. The van der Waals surface area contributed by atoms with E-state index < -0.39 is 0 Å². The first kappa shape index (κ1) is 15.9. The summed E-state index contributed by atoms with van der Waals surface area (Å²) in [5.74, 6) is 0.721.